The van der Waals surface area contributed by atoms with Crippen LogP contribution >= 0.6 is 0 Å². The second-order valence-corrected chi connectivity index (χ2v) is 6.37. The Bertz CT molecular complexity index is 374. The number of aliphatic carboxylic acids is 2. The first-order valence-electron chi connectivity index (χ1n) is 6.19. The number of hydrogen-bond acceptors (Lipinski definition) is 2. The normalized spacial score (nSPS) is 43.4. The van der Waals surface area contributed by atoms with Crippen molar-refractivity contribution in [3.05, 3.63) is 0 Å². The fraction of sp³-hybridized carbons (Fsp3) is 0.846. The molecule has 0 aromatic rings. The van der Waals surface area contributed by atoms with Gasteiger partial charge in [0, 0.05) is 0 Å². The molecule has 4 heteroatoms. The van der Waals surface area contributed by atoms with Crippen LogP contribution in [0.2, 0.25) is 0 Å². The zero-order chi connectivity index (χ0) is 13.0. The molecule has 2 aliphatic rings. The molecular weight excluding hydrogens is 220 g/mol. The molecule has 4 atom stereocenters. The minimum absolute atomic E-state index is 0.0195. The third-order valence-electron chi connectivity index (χ3n) is 5.28. The highest BCUT2D eigenvalue weighted by Gasteiger charge is 2.68. The van der Waals surface area contributed by atoms with E-state index in [1.165, 1.54) is 0 Å². The van der Waals surface area contributed by atoms with Crippen molar-refractivity contribution in [1.82, 2.24) is 0 Å². The lowest BCUT2D eigenvalue weighted by atomic mass is 9.62. The second kappa shape index (κ2) is 3.47. The Kier molecular flexibility index (Phi) is 2.53. The molecule has 2 aliphatic carbocycles. The largest absolute Gasteiger partial charge is 0.481 e. The van der Waals surface area contributed by atoms with Gasteiger partial charge in [0.25, 0.3) is 0 Å². The molecule has 0 amide bonds. The predicted molar refractivity (Wildman–Crippen MR) is 61.5 cm³/mol. The van der Waals surface area contributed by atoms with Crippen molar-refractivity contribution in [2.45, 2.75) is 40.0 Å². The minimum Gasteiger partial charge on any atom is -0.481 e. The molecule has 0 spiro atoms. The number of carboxylic acid groups (broad SMARTS) is 2. The van der Waals surface area contributed by atoms with E-state index in [0.717, 1.165) is 6.42 Å². The van der Waals surface area contributed by atoms with Crippen LogP contribution in [0.3, 0.4) is 0 Å². The molecule has 96 valence electrons. The van der Waals surface area contributed by atoms with E-state index in [9.17, 15) is 19.8 Å². The summed E-state index contributed by atoms with van der Waals surface area (Å²) in [5.74, 6) is -1.79. The summed E-state index contributed by atoms with van der Waals surface area (Å²) in [6.07, 6.45) is 1.97. The molecule has 0 bridgehead atoms. The highest BCUT2D eigenvalue weighted by atomic mass is 16.4. The fourth-order valence-electron chi connectivity index (χ4n) is 4.41. The SMILES string of the molecule is C[C@H]1C[C@@H]2C[C@H](C(=O)O)C(C)(C)[C@]2(C(=O)O)C1. The molecule has 0 saturated heterocycles. The Morgan fingerprint density at radius 2 is 1.76 bits per heavy atom. The maximum Gasteiger partial charge on any atom is 0.310 e. The third kappa shape index (κ3) is 1.36. The molecular formula is C13H20O4. The monoisotopic (exact) mass is 240 g/mol. The van der Waals surface area contributed by atoms with Gasteiger partial charge in [-0.05, 0) is 36.5 Å². The van der Waals surface area contributed by atoms with Crippen molar-refractivity contribution in [1.29, 1.82) is 0 Å². The topological polar surface area (TPSA) is 74.6 Å². The van der Waals surface area contributed by atoms with Crippen LogP contribution in [0.5, 0.6) is 0 Å². The van der Waals surface area contributed by atoms with Crippen LogP contribution in [0, 0.1) is 28.6 Å². The number of fused-ring (bicyclic) bond motifs is 1. The summed E-state index contributed by atoms with van der Waals surface area (Å²) in [6, 6.07) is 0. The lowest BCUT2D eigenvalue weighted by Gasteiger charge is -2.39. The van der Waals surface area contributed by atoms with Crippen molar-refractivity contribution >= 4 is 11.9 Å². The van der Waals surface area contributed by atoms with Gasteiger partial charge in [0.05, 0.1) is 11.3 Å². The van der Waals surface area contributed by atoms with Crippen molar-refractivity contribution in [3.63, 3.8) is 0 Å². The van der Waals surface area contributed by atoms with Gasteiger partial charge in [0.1, 0.15) is 0 Å². The van der Waals surface area contributed by atoms with E-state index in [1.54, 1.807) is 0 Å². The average Bonchev–Trinajstić information content (AvgIpc) is 2.60. The van der Waals surface area contributed by atoms with E-state index in [-0.39, 0.29) is 5.92 Å². The summed E-state index contributed by atoms with van der Waals surface area (Å²) in [5.41, 5.74) is -1.50. The number of hydrogen-bond donors (Lipinski definition) is 2. The summed E-state index contributed by atoms with van der Waals surface area (Å²) in [4.78, 5) is 23.0. The van der Waals surface area contributed by atoms with Crippen molar-refractivity contribution in [3.8, 4) is 0 Å². The predicted octanol–water partition coefficient (Wildman–Crippen LogP) is 2.23. The lowest BCUT2D eigenvalue weighted by molar-refractivity contribution is -0.161. The molecule has 0 aromatic heterocycles. The van der Waals surface area contributed by atoms with Crippen molar-refractivity contribution < 1.29 is 19.8 Å². The van der Waals surface area contributed by atoms with Crippen molar-refractivity contribution in [2.24, 2.45) is 28.6 Å². The Labute approximate surface area is 101 Å². The van der Waals surface area contributed by atoms with Crippen LogP contribution < -0.4 is 0 Å². The number of carbonyl (C=O) groups is 2. The molecule has 4 nitrogen and oxygen atoms in total. The van der Waals surface area contributed by atoms with Gasteiger partial charge >= 0.3 is 11.9 Å². The summed E-state index contributed by atoms with van der Waals surface area (Å²) in [6.45, 7) is 5.70. The van der Waals surface area contributed by atoms with Gasteiger partial charge in [-0.15, -0.1) is 0 Å². The Morgan fingerprint density at radius 1 is 1.18 bits per heavy atom. The molecule has 0 aromatic carbocycles. The van der Waals surface area contributed by atoms with E-state index in [1.807, 2.05) is 13.8 Å². The number of carboxylic acids is 2. The van der Waals surface area contributed by atoms with Gasteiger partial charge < -0.3 is 10.2 Å². The molecule has 0 aliphatic heterocycles. The molecule has 0 radical (unpaired) electrons. The summed E-state index contributed by atoms with van der Waals surface area (Å²) in [5, 5.41) is 18.9. The maximum absolute atomic E-state index is 11.7. The van der Waals surface area contributed by atoms with Crippen LogP contribution in [-0.4, -0.2) is 22.2 Å². The first-order chi connectivity index (χ1) is 7.73. The van der Waals surface area contributed by atoms with E-state index in [2.05, 4.69) is 6.92 Å². The van der Waals surface area contributed by atoms with Gasteiger partial charge in [-0.2, -0.15) is 0 Å². The Balaban J connectivity index is 2.49. The molecule has 2 saturated carbocycles. The zero-order valence-electron chi connectivity index (χ0n) is 10.6. The fourth-order valence-corrected chi connectivity index (χ4v) is 4.41. The van der Waals surface area contributed by atoms with E-state index >= 15 is 0 Å². The Morgan fingerprint density at radius 3 is 2.18 bits per heavy atom. The molecule has 17 heavy (non-hydrogen) atoms. The van der Waals surface area contributed by atoms with E-state index < -0.39 is 28.7 Å². The highest BCUT2D eigenvalue weighted by Crippen LogP contribution is 2.67. The maximum atomic E-state index is 11.7. The van der Waals surface area contributed by atoms with Gasteiger partial charge in [-0.1, -0.05) is 20.8 Å². The quantitative estimate of drug-likeness (QED) is 0.776. The van der Waals surface area contributed by atoms with Crippen LogP contribution in [-0.2, 0) is 9.59 Å². The van der Waals surface area contributed by atoms with Crippen LogP contribution in [0.25, 0.3) is 0 Å². The second-order valence-electron chi connectivity index (χ2n) is 6.37. The zero-order valence-corrected chi connectivity index (χ0v) is 10.6. The van der Waals surface area contributed by atoms with Crippen molar-refractivity contribution in [2.75, 3.05) is 0 Å². The van der Waals surface area contributed by atoms with Crippen LogP contribution in [0.15, 0.2) is 0 Å². The van der Waals surface area contributed by atoms with E-state index in [0.29, 0.717) is 18.8 Å². The Hall–Kier alpha value is -1.06. The molecule has 2 rings (SSSR count). The molecule has 0 heterocycles. The molecule has 2 fully saturated rings. The molecule has 0 unspecified atom stereocenters. The average molecular weight is 240 g/mol. The minimum atomic E-state index is -0.849. The lowest BCUT2D eigenvalue weighted by Crippen LogP contribution is -2.45. The summed E-state index contributed by atoms with van der Waals surface area (Å²) < 4.78 is 0. The summed E-state index contributed by atoms with van der Waals surface area (Å²) in [7, 11) is 0. The first-order valence-corrected chi connectivity index (χ1v) is 6.19. The third-order valence-corrected chi connectivity index (χ3v) is 5.28. The van der Waals surface area contributed by atoms with Gasteiger partial charge in [0.15, 0.2) is 0 Å². The van der Waals surface area contributed by atoms with Gasteiger partial charge in [-0.25, -0.2) is 0 Å². The smallest absolute Gasteiger partial charge is 0.310 e. The standard InChI is InChI=1S/C13H20O4/c1-7-4-8-5-9(10(14)15)12(2,3)13(8,6-7)11(16)17/h7-9H,4-6H2,1-3H3,(H,14,15)(H,16,17)/t7-,8+,9+,13+/m0/s1. The first kappa shape index (κ1) is 12.4. The highest BCUT2D eigenvalue weighted by molar-refractivity contribution is 5.81. The van der Waals surface area contributed by atoms with E-state index in [4.69, 9.17) is 0 Å². The van der Waals surface area contributed by atoms with Crippen LogP contribution in [0.4, 0.5) is 0 Å². The summed E-state index contributed by atoms with van der Waals surface area (Å²) >= 11 is 0. The molecule has 2 N–H and O–H groups in total. The van der Waals surface area contributed by atoms with Gasteiger partial charge in [-0.3, -0.25) is 9.59 Å². The number of rotatable bonds is 2. The van der Waals surface area contributed by atoms with Gasteiger partial charge in [0.2, 0.25) is 0 Å². The van der Waals surface area contributed by atoms with Crippen LogP contribution in [0.1, 0.15) is 40.0 Å².